The number of hydrogen-bond donors (Lipinski definition) is 2. The zero-order valence-electron chi connectivity index (χ0n) is 9.50. The summed E-state index contributed by atoms with van der Waals surface area (Å²) in [5.74, 6) is 0.256. The summed E-state index contributed by atoms with van der Waals surface area (Å²) < 4.78 is 0. The summed E-state index contributed by atoms with van der Waals surface area (Å²) in [4.78, 5) is 8.34. The normalized spacial score (nSPS) is 10.4. The third-order valence-electron chi connectivity index (χ3n) is 2.58. The quantitative estimate of drug-likeness (QED) is 0.837. The lowest BCUT2D eigenvalue weighted by Crippen LogP contribution is -2.02. The van der Waals surface area contributed by atoms with Gasteiger partial charge in [0, 0.05) is 11.8 Å². The van der Waals surface area contributed by atoms with Crippen molar-refractivity contribution in [1.82, 2.24) is 9.97 Å². The van der Waals surface area contributed by atoms with Crippen LogP contribution in [0.15, 0.2) is 36.8 Å². The van der Waals surface area contributed by atoms with Crippen LogP contribution in [-0.2, 0) is 6.42 Å². The van der Waals surface area contributed by atoms with Crippen LogP contribution in [0.25, 0.3) is 11.3 Å². The van der Waals surface area contributed by atoms with Gasteiger partial charge in [0.1, 0.15) is 12.1 Å². The molecule has 4 heteroatoms. The molecular weight excluding hydrogens is 214 g/mol. The van der Waals surface area contributed by atoms with Gasteiger partial charge < -0.3 is 10.8 Å². The molecule has 0 atom stereocenters. The lowest BCUT2D eigenvalue weighted by atomic mass is 10.0. The minimum absolute atomic E-state index is 0.256. The number of aryl methyl sites for hydroxylation is 1. The first kappa shape index (κ1) is 11.5. The van der Waals surface area contributed by atoms with E-state index >= 15 is 0 Å². The van der Waals surface area contributed by atoms with Crippen molar-refractivity contribution in [3.8, 4) is 17.0 Å². The van der Waals surface area contributed by atoms with Crippen LogP contribution in [0.5, 0.6) is 5.75 Å². The maximum Gasteiger partial charge on any atom is 0.116 e. The van der Waals surface area contributed by atoms with Crippen molar-refractivity contribution in [2.24, 2.45) is 5.73 Å². The second kappa shape index (κ2) is 5.41. The second-order valence-electron chi connectivity index (χ2n) is 3.84. The zero-order valence-corrected chi connectivity index (χ0v) is 9.50. The van der Waals surface area contributed by atoms with Crippen molar-refractivity contribution in [3.05, 3.63) is 42.4 Å². The van der Waals surface area contributed by atoms with E-state index in [1.54, 1.807) is 12.1 Å². The molecule has 0 unspecified atom stereocenters. The predicted molar refractivity (Wildman–Crippen MR) is 66.5 cm³/mol. The van der Waals surface area contributed by atoms with Gasteiger partial charge in [0.05, 0.1) is 5.69 Å². The molecule has 17 heavy (non-hydrogen) atoms. The molecule has 0 radical (unpaired) electrons. The van der Waals surface area contributed by atoms with Gasteiger partial charge >= 0.3 is 0 Å². The lowest BCUT2D eigenvalue weighted by Gasteiger charge is -2.07. The maximum atomic E-state index is 9.27. The number of aromatic hydroxyl groups is 1. The van der Waals surface area contributed by atoms with Gasteiger partial charge in [-0.25, -0.2) is 9.97 Å². The molecule has 1 heterocycles. The average Bonchev–Trinajstić information content (AvgIpc) is 2.38. The van der Waals surface area contributed by atoms with E-state index in [0.717, 1.165) is 29.7 Å². The Kier molecular flexibility index (Phi) is 3.67. The molecule has 1 aromatic heterocycles. The average molecular weight is 229 g/mol. The van der Waals surface area contributed by atoms with Crippen molar-refractivity contribution in [1.29, 1.82) is 0 Å². The van der Waals surface area contributed by atoms with Crippen LogP contribution in [0.2, 0.25) is 0 Å². The molecule has 88 valence electrons. The highest BCUT2D eigenvalue weighted by atomic mass is 16.3. The first-order valence-corrected chi connectivity index (χ1v) is 5.59. The van der Waals surface area contributed by atoms with Gasteiger partial charge in [0.2, 0.25) is 0 Å². The number of nitrogens with two attached hydrogens (primary N) is 1. The van der Waals surface area contributed by atoms with Crippen molar-refractivity contribution in [3.63, 3.8) is 0 Å². The van der Waals surface area contributed by atoms with E-state index in [4.69, 9.17) is 5.73 Å². The van der Waals surface area contributed by atoms with Gasteiger partial charge in [0.25, 0.3) is 0 Å². The maximum absolute atomic E-state index is 9.27. The van der Waals surface area contributed by atoms with Crippen molar-refractivity contribution >= 4 is 0 Å². The van der Waals surface area contributed by atoms with Gasteiger partial charge in [-0.2, -0.15) is 0 Å². The third-order valence-corrected chi connectivity index (χ3v) is 2.58. The number of phenolic OH excluding ortho intramolecular Hbond substituents is 1. The van der Waals surface area contributed by atoms with E-state index in [1.165, 1.54) is 6.33 Å². The molecule has 3 N–H and O–H groups in total. The van der Waals surface area contributed by atoms with Crippen molar-refractivity contribution < 1.29 is 5.11 Å². The fourth-order valence-electron chi connectivity index (χ4n) is 1.71. The summed E-state index contributed by atoms with van der Waals surface area (Å²) >= 11 is 0. The Bertz CT molecular complexity index is 482. The fourth-order valence-corrected chi connectivity index (χ4v) is 1.71. The predicted octanol–water partition coefficient (Wildman–Crippen LogP) is 1.74. The molecule has 0 bridgehead atoms. The molecule has 0 spiro atoms. The highest BCUT2D eigenvalue weighted by Gasteiger charge is 2.06. The molecule has 0 saturated heterocycles. The smallest absolute Gasteiger partial charge is 0.116 e. The minimum atomic E-state index is 0.256. The standard InChI is InChI=1S/C13H15N3O/c14-7-1-2-11-8-15-9-16-13(11)10-3-5-12(17)6-4-10/h3-6,8-9,17H,1-2,7,14H2. The molecule has 2 rings (SSSR count). The Morgan fingerprint density at radius 1 is 1.18 bits per heavy atom. The van der Waals surface area contributed by atoms with E-state index in [-0.39, 0.29) is 5.75 Å². The van der Waals surface area contributed by atoms with Crippen LogP contribution in [-0.4, -0.2) is 21.6 Å². The van der Waals surface area contributed by atoms with Crippen molar-refractivity contribution in [2.45, 2.75) is 12.8 Å². The van der Waals surface area contributed by atoms with E-state index in [1.807, 2.05) is 18.3 Å². The molecule has 0 aliphatic rings. The SMILES string of the molecule is NCCCc1cncnc1-c1ccc(O)cc1. The molecular formula is C13H15N3O. The van der Waals surface area contributed by atoms with Gasteiger partial charge in [-0.05, 0) is 49.2 Å². The molecule has 0 amide bonds. The molecule has 0 saturated carbocycles. The number of phenols is 1. The fraction of sp³-hybridized carbons (Fsp3) is 0.231. The summed E-state index contributed by atoms with van der Waals surface area (Å²) in [6.45, 7) is 0.657. The molecule has 0 aliphatic heterocycles. The van der Waals surface area contributed by atoms with Crippen LogP contribution in [0.3, 0.4) is 0 Å². The van der Waals surface area contributed by atoms with Gasteiger partial charge in [0.15, 0.2) is 0 Å². The van der Waals surface area contributed by atoms with Crippen molar-refractivity contribution in [2.75, 3.05) is 6.54 Å². The van der Waals surface area contributed by atoms with E-state index in [2.05, 4.69) is 9.97 Å². The molecule has 4 nitrogen and oxygen atoms in total. The van der Waals surface area contributed by atoms with Crippen LogP contribution in [0.1, 0.15) is 12.0 Å². The van der Waals surface area contributed by atoms with Crippen LogP contribution in [0.4, 0.5) is 0 Å². The van der Waals surface area contributed by atoms with E-state index in [9.17, 15) is 5.11 Å². The summed E-state index contributed by atoms with van der Waals surface area (Å²) in [6, 6.07) is 7.02. The number of aromatic nitrogens is 2. The first-order valence-electron chi connectivity index (χ1n) is 5.59. The Labute approximate surface area is 100 Å². The summed E-state index contributed by atoms with van der Waals surface area (Å²) in [5, 5.41) is 9.27. The Hall–Kier alpha value is -1.94. The zero-order chi connectivity index (χ0) is 12.1. The van der Waals surface area contributed by atoms with Gasteiger partial charge in [-0.1, -0.05) is 0 Å². The van der Waals surface area contributed by atoms with E-state index in [0.29, 0.717) is 6.54 Å². The number of nitrogens with zero attached hydrogens (tertiary/aromatic N) is 2. The summed E-state index contributed by atoms with van der Waals surface area (Å²) in [7, 11) is 0. The lowest BCUT2D eigenvalue weighted by molar-refractivity contribution is 0.475. The number of benzene rings is 1. The summed E-state index contributed by atoms with van der Waals surface area (Å²) in [6.07, 6.45) is 5.14. The highest BCUT2D eigenvalue weighted by Crippen LogP contribution is 2.23. The number of rotatable bonds is 4. The minimum Gasteiger partial charge on any atom is -0.508 e. The topological polar surface area (TPSA) is 72.0 Å². The Morgan fingerprint density at radius 3 is 2.65 bits per heavy atom. The monoisotopic (exact) mass is 229 g/mol. The third kappa shape index (κ3) is 2.79. The molecule has 0 fully saturated rings. The Morgan fingerprint density at radius 2 is 1.94 bits per heavy atom. The summed E-state index contributed by atoms with van der Waals surface area (Å²) in [5.41, 5.74) is 8.49. The van der Waals surface area contributed by atoms with Crippen LogP contribution in [0, 0.1) is 0 Å². The largest absolute Gasteiger partial charge is 0.508 e. The van der Waals surface area contributed by atoms with Gasteiger partial charge in [-0.15, -0.1) is 0 Å². The first-order chi connectivity index (χ1) is 8.31. The van der Waals surface area contributed by atoms with Crippen LogP contribution >= 0.6 is 0 Å². The number of hydrogen-bond acceptors (Lipinski definition) is 4. The van der Waals surface area contributed by atoms with Crippen LogP contribution < -0.4 is 5.73 Å². The van der Waals surface area contributed by atoms with E-state index < -0.39 is 0 Å². The van der Waals surface area contributed by atoms with Gasteiger partial charge in [-0.3, -0.25) is 0 Å². The second-order valence-corrected chi connectivity index (χ2v) is 3.84. The molecule has 2 aromatic rings. The Balaban J connectivity index is 2.33. The highest BCUT2D eigenvalue weighted by molar-refractivity contribution is 5.63. The molecule has 0 aliphatic carbocycles. The molecule has 1 aromatic carbocycles.